The first-order valence-electron chi connectivity index (χ1n) is 3.00. The molecule has 2 amide bonds. The molecule has 5 N–H and O–H groups in total. The van der Waals surface area contributed by atoms with Crippen molar-refractivity contribution in [2.24, 2.45) is 11.1 Å². The van der Waals surface area contributed by atoms with E-state index < -0.39 is 6.03 Å². The number of rotatable bonds is 4. The summed E-state index contributed by atoms with van der Waals surface area (Å²) >= 11 is 0. The Hall–Kier alpha value is -0.553. The second-order valence-corrected chi connectivity index (χ2v) is 3.07. The predicted molar refractivity (Wildman–Crippen MR) is 39.7 cm³/mol. The van der Waals surface area contributed by atoms with Gasteiger partial charge in [0, 0.05) is 6.54 Å². The van der Waals surface area contributed by atoms with Crippen molar-refractivity contribution in [1.82, 2.24) is 5.32 Å². The predicted octanol–water partition coefficient (Wildman–Crippen LogP) is -1.49. The highest BCUT2D eigenvalue weighted by atomic mass is 28.2. The van der Waals surface area contributed by atoms with Crippen LogP contribution in [0.25, 0.3) is 0 Å². The van der Waals surface area contributed by atoms with Crippen LogP contribution in [0.1, 0.15) is 6.42 Å². The summed E-state index contributed by atoms with van der Waals surface area (Å²) < 4.78 is 0. The molecule has 0 unspecified atom stereocenters. The topological polar surface area (TPSA) is 81.1 Å². The van der Waals surface area contributed by atoms with E-state index in [2.05, 4.69) is 5.32 Å². The molecule has 0 rings (SSSR count). The summed E-state index contributed by atoms with van der Waals surface area (Å²) in [6.45, 7) is 0.666. The van der Waals surface area contributed by atoms with E-state index in [0.29, 0.717) is 6.54 Å². The molecule has 5 heteroatoms. The molecular weight excluding hydrogens is 134 g/mol. The van der Waals surface area contributed by atoms with Crippen molar-refractivity contribution < 1.29 is 4.79 Å². The van der Waals surface area contributed by atoms with Crippen molar-refractivity contribution in [2.45, 2.75) is 12.5 Å². The van der Waals surface area contributed by atoms with E-state index in [4.69, 9.17) is 11.1 Å². The van der Waals surface area contributed by atoms with Crippen LogP contribution >= 0.6 is 0 Å². The molecule has 0 aliphatic rings. The van der Waals surface area contributed by atoms with Gasteiger partial charge in [0.25, 0.3) is 0 Å². The number of urea groups is 1. The minimum Gasteiger partial charge on any atom is -0.356 e. The van der Waals surface area contributed by atoms with Gasteiger partial charge in [0.15, 0.2) is 0 Å². The highest BCUT2D eigenvalue weighted by molar-refractivity contribution is 6.30. The Morgan fingerprint density at radius 1 is 1.67 bits per heavy atom. The molecule has 0 fully saturated rings. The van der Waals surface area contributed by atoms with E-state index in [1.165, 1.54) is 0 Å². The van der Waals surface area contributed by atoms with E-state index in [1.54, 1.807) is 0 Å². The summed E-state index contributed by atoms with van der Waals surface area (Å²) in [5.41, 5.74) is 4.80. The quantitative estimate of drug-likeness (QED) is 0.334. The molecule has 0 heterocycles. The molecular formula is C4H13N3OSi. The zero-order chi connectivity index (χ0) is 7.11. The average molecular weight is 147 g/mol. The van der Waals surface area contributed by atoms with Crippen molar-refractivity contribution in [1.29, 1.82) is 0 Å². The largest absolute Gasteiger partial charge is 0.356 e. The summed E-state index contributed by atoms with van der Waals surface area (Å²) in [5, 5.41) is 7.83. The monoisotopic (exact) mass is 147 g/mol. The number of carbonyl (C=O) groups excluding carboxylic acids is 1. The van der Waals surface area contributed by atoms with Crippen LogP contribution in [-0.4, -0.2) is 22.3 Å². The van der Waals surface area contributed by atoms with Gasteiger partial charge in [-0.05, 0) is 12.5 Å². The van der Waals surface area contributed by atoms with Gasteiger partial charge in [0.2, 0.25) is 0 Å². The smallest absolute Gasteiger partial charge is 0.312 e. The highest BCUT2D eigenvalue weighted by Crippen LogP contribution is 1.80. The summed E-state index contributed by atoms with van der Waals surface area (Å²) in [6.07, 6.45) is 0.964. The molecule has 0 aromatic carbocycles. The van der Waals surface area contributed by atoms with E-state index in [-0.39, 0.29) is 9.68 Å². The molecule has 54 valence electrons. The van der Waals surface area contributed by atoms with Gasteiger partial charge in [0.1, 0.15) is 0 Å². The van der Waals surface area contributed by atoms with Crippen molar-refractivity contribution >= 4 is 15.7 Å². The van der Waals surface area contributed by atoms with Crippen LogP contribution in [0.2, 0.25) is 6.04 Å². The van der Waals surface area contributed by atoms with Gasteiger partial charge in [-0.25, -0.2) is 4.79 Å². The van der Waals surface area contributed by atoms with E-state index in [1.807, 2.05) is 0 Å². The van der Waals surface area contributed by atoms with Crippen molar-refractivity contribution in [3.8, 4) is 0 Å². The fourth-order valence-corrected chi connectivity index (χ4v) is 1.02. The lowest BCUT2D eigenvalue weighted by atomic mass is 10.5. The number of nitrogens with two attached hydrogens (primary N) is 2. The van der Waals surface area contributed by atoms with Gasteiger partial charge in [-0.15, -0.1) is 0 Å². The minimum absolute atomic E-state index is 0.323. The third-order valence-corrected chi connectivity index (χ3v) is 1.84. The first kappa shape index (κ1) is 8.45. The molecule has 4 nitrogen and oxygen atoms in total. The maximum Gasteiger partial charge on any atom is 0.312 e. The molecule has 0 radical (unpaired) electrons. The molecule has 0 atom stereocenters. The number of hydrogen-bond acceptors (Lipinski definition) is 2. The van der Waals surface area contributed by atoms with Gasteiger partial charge in [-0.3, -0.25) is 0 Å². The average Bonchev–Trinajstić information content (AvgIpc) is 1.80. The van der Waals surface area contributed by atoms with Crippen LogP contribution in [0.4, 0.5) is 4.79 Å². The summed E-state index contributed by atoms with van der Waals surface area (Å²) in [6, 6.07) is 0.619. The molecule has 0 saturated heterocycles. The van der Waals surface area contributed by atoms with Crippen molar-refractivity contribution in [3.63, 3.8) is 0 Å². The Balaban J connectivity index is 2.83. The summed E-state index contributed by atoms with van der Waals surface area (Å²) in [7, 11) is -0.323. The Labute approximate surface area is 56.9 Å². The SMILES string of the molecule is N[SiH2]CCCNC(N)=O. The van der Waals surface area contributed by atoms with Crippen LogP contribution in [0.5, 0.6) is 0 Å². The molecule has 0 aliphatic carbocycles. The Kier molecular flexibility index (Phi) is 5.24. The van der Waals surface area contributed by atoms with Crippen molar-refractivity contribution in [3.05, 3.63) is 0 Å². The summed E-state index contributed by atoms with van der Waals surface area (Å²) in [4.78, 5) is 10.1. The first-order valence-corrected chi connectivity index (χ1v) is 4.82. The Morgan fingerprint density at radius 3 is 2.78 bits per heavy atom. The van der Waals surface area contributed by atoms with Gasteiger partial charge in [-0.2, -0.15) is 0 Å². The first-order chi connectivity index (χ1) is 4.27. The lowest BCUT2D eigenvalue weighted by Crippen LogP contribution is -2.30. The lowest BCUT2D eigenvalue weighted by molar-refractivity contribution is 0.249. The molecule has 0 aromatic heterocycles. The standard InChI is InChI=1S/C4H13N3OSi/c5-4(8)7-2-1-3-9-6/h1-3,6,9H2,(H3,5,7,8). The molecule has 0 aromatic rings. The zero-order valence-corrected chi connectivity index (χ0v) is 6.81. The van der Waals surface area contributed by atoms with Crippen LogP contribution in [0.3, 0.4) is 0 Å². The molecule has 0 bridgehead atoms. The van der Waals surface area contributed by atoms with Gasteiger partial charge in [0.05, 0.1) is 9.68 Å². The van der Waals surface area contributed by atoms with Crippen LogP contribution in [0, 0.1) is 0 Å². The maximum absolute atomic E-state index is 10.1. The van der Waals surface area contributed by atoms with E-state index >= 15 is 0 Å². The number of amides is 2. The van der Waals surface area contributed by atoms with Gasteiger partial charge in [-0.1, -0.05) is 0 Å². The van der Waals surface area contributed by atoms with Crippen molar-refractivity contribution in [2.75, 3.05) is 6.54 Å². The molecule has 9 heavy (non-hydrogen) atoms. The Bertz CT molecular complexity index is 87.9. The normalized spacial score (nSPS) is 10.3. The fraction of sp³-hybridized carbons (Fsp3) is 0.750. The van der Waals surface area contributed by atoms with Gasteiger partial charge >= 0.3 is 6.03 Å². The van der Waals surface area contributed by atoms with E-state index in [0.717, 1.165) is 12.5 Å². The molecule has 0 spiro atoms. The Morgan fingerprint density at radius 2 is 2.33 bits per heavy atom. The molecule has 0 saturated carbocycles. The third-order valence-electron chi connectivity index (χ3n) is 0.930. The third kappa shape index (κ3) is 7.45. The van der Waals surface area contributed by atoms with Gasteiger partial charge < -0.3 is 16.4 Å². The number of primary amides is 1. The zero-order valence-electron chi connectivity index (χ0n) is 5.39. The fourth-order valence-electron chi connectivity index (χ4n) is 0.481. The second kappa shape index (κ2) is 5.58. The number of nitrogens with one attached hydrogen (secondary N) is 1. The maximum atomic E-state index is 10.1. The summed E-state index contributed by atoms with van der Waals surface area (Å²) in [5.74, 6) is 0. The lowest BCUT2D eigenvalue weighted by Gasteiger charge is -1.97. The second-order valence-electron chi connectivity index (χ2n) is 1.79. The highest BCUT2D eigenvalue weighted by Gasteiger charge is 1.88. The number of carbonyl (C=O) groups is 1. The van der Waals surface area contributed by atoms with Crippen LogP contribution in [-0.2, 0) is 0 Å². The van der Waals surface area contributed by atoms with Crippen LogP contribution < -0.4 is 16.4 Å². The van der Waals surface area contributed by atoms with E-state index in [9.17, 15) is 4.79 Å². The van der Waals surface area contributed by atoms with Crippen LogP contribution in [0.15, 0.2) is 0 Å². The molecule has 0 aliphatic heterocycles. The minimum atomic E-state index is -0.450. The number of hydrogen-bond donors (Lipinski definition) is 3.